The van der Waals surface area contributed by atoms with Crippen molar-refractivity contribution in [2.24, 2.45) is 5.73 Å². The van der Waals surface area contributed by atoms with Gasteiger partial charge in [-0.2, -0.15) is 0 Å². The lowest BCUT2D eigenvalue weighted by Gasteiger charge is -2.23. The first-order valence-corrected chi connectivity index (χ1v) is 8.41. The molecule has 0 unspecified atom stereocenters. The van der Waals surface area contributed by atoms with Gasteiger partial charge in [0.2, 0.25) is 11.8 Å². The molecule has 8 heteroatoms. The Balaban J connectivity index is 1.92. The van der Waals surface area contributed by atoms with Crippen molar-refractivity contribution in [3.8, 4) is 0 Å². The van der Waals surface area contributed by atoms with Crippen molar-refractivity contribution >= 4 is 23.2 Å². The molecule has 0 aromatic heterocycles. The molecule has 0 bridgehead atoms. The molecule has 8 nitrogen and oxygen atoms in total. The van der Waals surface area contributed by atoms with Crippen LogP contribution in [0.25, 0.3) is 0 Å². The molecular formula is C19H22N4O4. The predicted octanol–water partition coefficient (Wildman–Crippen LogP) is 1.63. The second-order valence-corrected chi connectivity index (χ2v) is 6.20. The van der Waals surface area contributed by atoms with Crippen molar-refractivity contribution in [2.45, 2.75) is 25.4 Å². The summed E-state index contributed by atoms with van der Waals surface area (Å²) in [6.45, 7) is 1.60. The molecule has 0 saturated carbocycles. The largest absolute Gasteiger partial charge is 0.343 e. The topological polar surface area (TPSA) is 119 Å². The molecule has 2 aromatic carbocycles. The summed E-state index contributed by atoms with van der Waals surface area (Å²) in [7, 11) is 1.64. The zero-order valence-electron chi connectivity index (χ0n) is 15.2. The van der Waals surface area contributed by atoms with Gasteiger partial charge in [0.1, 0.15) is 6.04 Å². The van der Waals surface area contributed by atoms with E-state index in [2.05, 4.69) is 5.32 Å². The number of nitrogens with zero attached hydrogens (tertiary/aromatic N) is 2. The molecule has 0 aliphatic rings. The second-order valence-electron chi connectivity index (χ2n) is 6.20. The first-order chi connectivity index (χ1) is 12.8. The molecule has 0 saturated heterocycles. The molecule has 0 radical (unpaired) electrons. The van der Waals surface area contributed by atoms with Crippen LogP contribution in [0.2, 0.25) is 0 Å². The molecule has 2 atom stereocenters. The lowest BCUT2D eigenvalue weighted by atomic mass is 10.1. The first-order valence-electron chi connectivity index (χ1n) is 8.41. The van der Waals surface area contributed by atoms with Gasteiger partial charge in [-0.15, -0.1) is 0 Å². The number of benzene rings is 2. The summed E-state index contributed by atoms with van der Waals surface area (Å²) >= 11 is 0. The quantitative estimate of drug-likeness (QED) is 0.567. The molecule has 0 spiro atoms. The minimum Gasteiger partial charge on any atom is -0.343 e. The van der Waals surface area contributed by atoms with Crippen molar-refractivity contribution in [1.82, 2.24) is 5.32 Å². The molecule has 142 valence electrons. The number of para-hydroxylation sites is 1. The van der Waals surface area contributed by atoms with Gasteiger partial charge in [0.25, 0.3) is 5.69 Å². The molecule has 2 aromatic rings. The van der Waals surface area contributed by atoms with Gasteiger partial charge in [0.15, 0.2) is 0 Å². The number of non-ortho nitro benzene ring substituents is 1. The Morgan fingerprint density at radius 3 is 2.30 bits per heavy atom. The molecule has 27 heavy (non-hydrogen) atoms. The lowest BCUT2D eigenvalue weighted by molar-refractivity contribution is -0.384. The average molecular weight is 370 g/mol. The van der Waals surface area contributed by atoms with E-state index in [9.17, 15) is 19.7 Å². The fourth-order valence-corrected chi connectivity index (χ4v) is 2.55. The average Bonchev–Trinajstić information content (AvgIpc) is 2.67. The van der Waals surface area contributed by atoms with Gasteiger partial charge in [-0.25, -0.2) is 0 Å². The summed E-state index contributed by atoms with van der Waals surface area (Å²) in [5.74, 6) is -0.729. The van der Waals surface area contributed by atoms with E-state index in [0.29, 0.717) is 5.56 Å². The van der Waals surface area contributed by atoms with Gasteiger partial charge in [0, 0.05) is 24.9 Å². The number of hydrogen-bond acceptors (Lipinski definition) is 5. The molecule has 0 aliphatic heterocycles. The third-order valence-electron chi connectivity index (χ3n) is 4.14. The van der Waals surface area contributed by atoms with Gasteiger partial charge >= 0.3 is 0 Å². The third-order valence-corrected chi connectivity index (χ3v) is 4.14. The highest BCUT2D eigenvalue weighted by Gasteiger charge is 2.23. The Morgan fingerprint density at radius 1 is 1.15 bits per heavy atom. The Labute approximate surface area is 157 Å². The molecule has 2 rings (SSSR count). The van der Waals surface area contributed by atoms with E-state index >= 15 is 0 Å². The normalized spacial score (nSPS) is 12.7. The maximum Gasteiger partial charge on any atom is 0.269 e. The summed E-state index contributed by atoms with van der Waals surface area (Å²) in [5.41, 5.74) is 7.30. The van der Waals surface area contributed by atoms with Crippen molar-refractivity contribution in [3.05, 3.63) is 70.3 Å². The Morgan fingerprint density at radius 2 is 1.74 bits per heavy atom. The minimum absolute atomic E-state index is 0.0278. The zero-order valence-corrected chi connectivity index (χ0v) is 15.2. The number of rotatable bonds is 7. The molecule has 0 aliphatic carbocycles. The van der Waals surface area contributed by atoms with Crippen LogP contribution in [0.5, 0.6) is 0 Å². The van der Waals surface area contributed by atoms with E-state index in [0.717, 1.165) is 5.69 Å². The van der Waals surface area contributed by atoms with E-state index in [1.807, 2.05) is 18.2 Å². The van der Waals surface area contributed by atoms with Gasteiger partial charge in [-0.05, 0) is 31.0 Å². The monoisotopic (exact) mass is 370 g/mol. The Hall–Kier alpha value is -3.26. The van der Waals surface area contributed by atoms with Crippen LogP contribution in [0, 0.1) is 10.1 Å². The number of hydrogen-bond donors (Lipinski definition) is 2. The van der Waals surface area contributed by atoms with Crippen LogP contribution in [-0.4, -0.2) is 35.9 Å². The summed E-state index contributed by atoms with van der Waals surface area (Å²) in [6.07, 6.45) is 0.208. The predicted molar refractivity (Wildman–Crippen MR) is 102 cm³/mol. The highest BCUT2D eigenvalue weighted by atomic mass is 16.6. The SMILES string of the molecule is C[C@H](NC(=O)[C@@H](N)Cc1ccc([N+](=O)[O-])cc1)C(=O)N(C)c1ccccc1. The van der Waals surface area contributed by atoms with Crippen molar-refractivity contribution < 1.29 is 14.5 Å². The number of nitrogens with two attached hydrogens (primary N) is 1. The number of carbonyl (C=O) groups is 2. The lowest BCUT2D eigenvalue weighted by Crippen LogP contribution is -2.51. The van der Waals surface area contributed by atoms with E-state index < -0.39 is 22.9 Å². The fourth-order valence-electron chi connectivity index (χ4n) is 2.55. The fraction of sp³-hybridized carbons (Fsp3) is 0.263. The summed E-state index contributed by atoms with van der Waals surface area (Å²) < 4.78 is 0. The molecule has 0 heterocycles. The van der Waals surface area contributed by atoms with Crippen LogP contribution in [0.1, 0.15) is 12.5 Å². The van der Waals surface area contributed by atoms with E-state index in [-0.39, 0.29) is 18.0 Å². The summed E-state index contributed by atoms with van der Waals surface area (Å²) in [6, 6.07) is 13.3. The van der Waals surface area contributed by atoms with Gasteiger partial charge in [0.05, 0.1) is 11.0 Å². The molecular weight excluding hydrogens is 348 g/mol. The Bertz CT molecular complexity index is 808. The number of nitro benzene ring substituents is 1. The molecule has 3 N–H and O–H groups in total. The Kier molecular flexibility index (Phi) is 6.62. The van der Waals surface area contributed by atoms with E-state index in [4.69, 9.17) is 5.73 Å². The third kappa shape index (κ3) is 5.35. The van der Waals surface area contributed by atoms with E-state index in [1.54, 1.807) is 38.2 Å². The van der Waals surface area contributed by atoms with Crippen LogP contribution in [0.15, 0.2) is 54.6 Å². The zero-order chi connectivity index (χ0) is 20.0. The van der Waals surface area contributed by atoms with Crippen LogP contribution in [0.3, 0.4) is 0 Å². The summed E-state index contributed by atoms with van der Waals surface area (Å²) in [5, 5.41) is 13.3. The smallest absolute Gasteiger partial charge is 0.269 e. The maximum absolute atomic E-state index is 12.5. The molecule has 0 fully saturated rings. The standard InChI is InChI=1S/C19H22N4O4/c1-13(19(25)22(2)15-6-4-3-5-7-15)21-18(24)17(20)12-14-8-10-16(11-9-14)23(26)27/h3-11,13,17H,12,20H2,1-2H3,(H,21,24)/t13-,17-/m0/s1. The van der Waals surface area contributed by atoms with Gasteiger partial charge < -0.3 is 16.0 Å². The van der Waals surface area contributed by atoms with Crippen LogP contribution >= 0.6 is 0 Å². The van der Waals surface area contributed by atoms with Crippen LogP contribution in [0.4, 0.5) is 11.4 Å². The first kappa shape index (κ1) is 20.1. The highest BCUT2D eigenvalue weighted by molar-refractivity contribution is 5.99. The number of anilines is 1. The van der Waals surface area contributed by atoms with Crippen molar-refractivity contribution in [2.75, 3.05) is 11.9 Å². The van der Waals surface area contributed by atoms with E-state index in [1.165, 1.54) is 17.0 Å². The van der Waals surface area contributed by atoms with Crippen LogP contribution < -0.4 is 16.0 Å². The number of nitrogens with one attached hydrogen (secondary N) is 1. The van der Waals surface area contributed by atoms with Crippen molar-refractivity contribution in [1.29, 1.82) is 0 Å². The van der Waals surface area contributed by atoms with Gasteiger partial charge in [-0.1, -0.05) is 30.3 Å². The number of carbonyl (C=O) groups excluding carboxylic acids is 2. The highest BCUT2D eigenvalue weighted by Crippen LogP contribution is 2.14. The van der Waals surface area contributed by atoms with Crippen LogP contribution in [-0.2, 0) is 16.0 Å². The second kappa shape index (κ2) is 8.91. The van der Waals surface area contributed by atoms with Crippen molar-refractivity contribution in [3.63, 3.8) is 0 Å². The summed E-state index contributed by atoms with van der Waals surface area (Å²) in [4.78, 5) is 36.4. The molecule has 2 amide bonds. The maximum atomic E-state index is 12.5. The number of amides is 2. The van der Waals surface area contributed by atoms with Gasteiger partial charge in [-0.3, -0.25) is 19.7 Å². The number of likely N-dealkylation sites (N-methyl/N-ethyl adjacent to an activating group) is 1. The number of nitro groups is 1. The minimum atomic E-state index is -0.872.